The van der Waals surface area contributed by atoms with Gasteiger partial charge in [-0.15, -0.1) is 0 Å². The van der Waals surface area contributed by atoms with Crippen molar-refractivity contribution in [3.8, 4) is 11.3 Å². The van der Waals surface area contributed by atoms with Crippen LogP contribution < -0.4 is 0 Å². The molecule has 1 aliphatic carbocycles. The zero-order chi connectivity index (χ0) is 18.2. The number of aromatic nitrogens is 1. The van der Waals surface area contributed by atoms with E-state index >= 15 is 0 Å². The molecule has 0 spiro atoms. The van der Waals surface area contributed by atoms with Crippen LogP contribution in [0.2, 0.25) is 0 Å². The third kappa shape index (κ3) is 3.12. The van der Waals surface area contributed by atoms with Crippen molar-refractivity contribution in [1.29, 1.82) is 0 Å². The molecule has 1 aromatic heterocycles. The summed E-state index contributed by atoms with van der Waals surface area (Å²) in [5, 5.41) is 3.79. The molecule has 1 heterocycles. The summed E-state index contributed by atoms with van der Waals surface area (Å²) in [7, 11) is 0. The predicted octanol–water partition coefficient (Wildman–Crippen LogP) is 7.35. The molecule has 134 valence electrons. The van der Waals surface area contributed by atoms with Crippen molar-refractivity contribution in [1.82, 2.24) is 4.98 Å². The molecule has 0 aliphatic heterocycles. The fourth-order valence-corrected chi connectivity index (χ4v) is 4.59. The first-order valence-electron chi connectivity index (χ1n) is 10.2. The van der Waals surface area contributed by atoms with Crippen molar-refractivity contribution < 1.29 is 0 Å². The normalized spacial score (nSPS) is 20.2. The average Bonchev–Trinajstić information content (AvgIpc) is 2.73. The van der Waals surface area contributed by atoms with E-state index in [1.165, 1.54) is 53.0 Å². The highest BCUT2D eigenvalue weighted by Crippen LogP contribution is 2.36. The first-order valence-corrected chi connectivity index (χ1v) is 10.2. The molecule has 1 heteroatoms. The van der Waals surface area contributed by atoms with E-state index in [1.807, 2.05) is 0 Å². The molecule has 1 fully saturated rings. The fraction of sp³-hybridized carbons (Fsp3) is 0.269. The van der Waals surface area contributed by atoms with Gasteiger partial charge in [0.15, 0.2) is 0 Å². The molecule has 0 bridgehead atoms. The fourth-order valence-electron chi connectivity index (χ4n) is 4.59. The molecular weight excluding hydrogens is 326 g/mol. The molecule has 0 atom stereocenters. The summed E-state index contributed by atoms with van der Waals surface area (Å²) in [5.41, 5.74) is 4.85. The Morgan fingerprint density at radius 2 is 1.56 bits per heavy atom. The van der Waals surface area contributed by atoms with E-state index in [4.69, 9.17) is 4.98 Å². The van der Waals surface area contributed by atoms with Gasteiger partial charge in [0, 0.05) is 10.9 Å². The maximum absolute atomic E-state index is 4.99. The van der Waals surface area contributed by atoms with Crippen LogP contribution in [0.15, 0.2) is 72.8 Å². The summed E-state index contributed by atoms with van der Waals surface area (Å²) in [5.74, 6) is 1.62. The molecule has 1 nitrogen and oxygen atoms in total. The SMILES string of the molecule is CC1CCC(c2ccc3nc(-c4cccc5ccccc45)ccc3c2)CC1. The highest BCUT2D eigenvalue weighted by Gasteiger charge is 2.20. The molecule has 0 N–H and O–H groups in total. The van der Waals surface area contributed by atoms with E-state index in [0.29, 0.717) is 0 Å². The van der Waals surface area contributed by atoms with Gasteiger partial charge in [-0.2, -0.15) is 0 Å². The predicted molar refractivity (Wildman–Crippen MR) is 115 cm³/mol. The van der Waals surface area contributed by atoms with Crippen LogP contribution >= 0.6 is 0 Å². The Kier molecular flexibility index (Phi) is 4.16. The van der Waals surface area contributed by atoms with Gasteiger partial charge in [0.2, 0.25) is 0 Å². The van der Waals surface area contributed by atoms with Crippen LogP contribution in [0.1, 0.15) is 44.1 Å². The Balaban J connectivity index is 1.53. The second-order valence-electron chi connectivity index (χ2n) is 8.13. The zero-order valence-corrected chi connectivity index (χ0v) is 15.9. The second kappa shape index (κ2) is 6.81. The first-order chi connectivity index (χ1) is 13.3. The van der Waals surface area contributed by atoms with E-state index < -0.39 is 0 Å². The second-order valence-corrected chi connectivity index (χ2v) is 8.13. The Bertz CT molecular complexity index is 1100. The molecule has 27 heavy (non-hydrogen) atoms. The van der Waals surface area contributed by atoms with Gasteiger partial charge < -0.3 is 0 Å². The van der Waals surface area contributed by atoms with Crippen LogP contribution in [-0.2, 0) is 0 Å². The lowest BCUT2D eigenvalue weighted by atomic mass is 9.79. The summed E-state index contributed by atoms with van der Waals surface area (Å²) in [6.45, 7) is 2.38. The van der Waals surface area contributed by atoms with Crippen molar-refractivity contribution >= 4 is 21.7 Å². The minimum atomic E-state index is 0.725. The maximum atomic E-state index is 4.99. The standard InChI is InChI=1S/C26H25N/c1-18-9-11-19(12-10-18)21-13-15-25-22(17-21)14-16-26(27-25)24-8-4-6-20-5-2-3-7-23(20)24/h2-8,13-19H,9-12H2,1H3. The van der Waals surface area contributed by atoms with Gasteiger partial charge in [0.1, 0.15) is 0 Å². The van der Waals surface area contributed by atoms with Crippen LogP contribution in [0, 0.1) is 5.92 Å². The molecular formula is C26H25N. The molecule has 0 radical (unpaired) electrons. The largest absolute Gasteiger partial charge is 0.248 e. The molecule has 3 aromatic carbocycles. The average molecular weight is 351 g/mol. The van der Waals surface area contributed by atoms with Gasteiger partial charge in [0.25, 0.3) is 0 Å². The van der Waals surface area contributed by atoms with Gasteiger partial charge in [-0.3, -0.25) is 0 Å². The van der Waals surface area contributed by atoms with E-state index in [1.54, 1.807) is 0 Å². The summed E-state index contributed by atoms with van der Waals surface area (Å²) in [4.78, 5) is 4.99. The van der Waals surface area contributed by atoms with Crippen molar-refractivity contribution in [2.24, 2.45) is 5.92 Å². The summed E-state index contributed by atoms with van der Waals surface area (Å²) in [6, 6.07) is 26.3. The van der Waals surface area contributed by atoms with Gasteiger partial charge >= 0.3 is 0 Å². The number of hydrogen-bond acceptors (Lipinski definition) is 1. The van der Waals surface area contributed by atoms with Crippen molar-refractivity contribution in [3.63, 3.8) is 0 Å². The summed E-state index contributed by atoms with van der Waals surface area (Å²) in [6.07, 6.45) is 5.38. The van der Waals surface area contributed by atoms with E-state index in [-0.39, 0.29) is 0 Å². The summed E-state index contributed by atoms with van der Waals surface area (Å²) < 4.78 is 0. The van der Waals surface area contributed by atoms with Crippen molar-refractivity contribution in [3.05, 3.63) is 78.4 Å². The Hall–Kier alpha value is -2.67. The Morgan fingerprint density at radius 1 is 0.741 bits per heavy atom. The van der Waals surface area contributed by atoms with Gasteiger partial charge in [-0.25, -0.2) is 4.98 Å². The monoisotopic (exact) mass is 351 g/mol. The molecule has 5 rings (SSSR count). The van der Waals surface area contributed by atoms with Crippen LogP contribution in [0.5, 0.6) is 0 Å². The van der Waals surface area contributed by atoms with Gasteiger partial charge in [-0.05, 0) is 59.2 Å². The zero-order valence-electron chi connectivity index (χ0n) is 15.9. The van der Waals surface area contributed by atoms with E-state index in [9.17, 15) is 0 Å². The minimum Gasteiger partial charge on any atom is -0.248 e. The highest BCUT2D eigenvalue weighted by atomic mass is 14.7. The molecule has 0 saturated heterocycles. The van der Waals surface area contributed by atoms with Crippen LogP contribution in [0.4, 0.5) is 0 Å². The maximum Gasteiger partial charge on any atom is 0.0715 e. The number of benzene rings is 3. The summed E-state index contributed by atoms with van der Waals surface area (Å²) >= 11 is 0. The lowest BCUT2D eigenvalue weighted by molar-refractivity contribution is 0.348. The Morgan fingerprint density at radius 3 is 2.44 bits per heavy atom. The minimum absolute atomic E-state index is 0.725. The number of nitrogens with zero attached hydrogens (tertiary/aromatic N) is 1. The number of pyridine rings is 1. The third-order valence-corrected chi connectivity index (χ3v) is 6.27. The molecule has 0 unspecified atom stereocenters. The molecule has 1 aliphatic rings. The third-order valence-electron chi connectivity index (χ3n) is 6.27. The van der Waals surface area contributed by atoms with Gasteiger partial charge in [0.05, 0.1) is 11.2 Å². The lowest BCUT2D eigenvalue weighted by Gasteiger charge is -2.26. The first kappa shape index (κ1) is 16.5. The Labute approximate surface area is 161 Å². The lowest BCUT2D eigenvalue weighted by Crippen LogP contribution is -2.10. The number of rotatable bonds is 2. The molecule has 4 aromatic rings. The molecule has 0 amide bonds. The van der Waals surface area contributed by atoms with Crippen LogP contribution in [0.25, 0.3) is 32.9 Å². The molecule has 1 saturated carbocycles. The van der Waals surface area contributed by atoms with Crippen LogP contribution in [0.3, 0.4) is 0 Å². The van der Waals surface area contributed by atoms with Gasteiger partial charge in [-0.1, -0.05) is 74.4 Å². The van der Waals surface area contributed by atoms with Crippen LogP contribution in [-0.4, -0.2) is 4.98 Å². The quantitative estimate of drug-likeness (QED) is 0.368. The van der Waals surface area contributed by atoms with Crippen molar-refractivity contribution in [2.75, 3.05) is 0 Å². The topological polar surface area (TPSA) is 12.9 Å². The number of hydrogen-bond donors (Lipinski definition) is 0. The van der Waals surface area contributed by atoms with Crippen molar-refractivity contribution in [2.45, 2.75) is 38.5 Å². The smallest absolute Gasteiger partial charge is 0.0715 e. The highest BCUT2D eigenvalue weighted by molar-refractivity contribution is 5.96. The van der Waals surface area contributed by atoms with E-state index in [0.717, 1.165) is 23.0 Å². The number of fused-ring (bicyclic) bond motifs is 2. The van der Waals surface area contributed by atoms with E-state index in [2.05, 4.69) is 79.7 Å².